The molecular weight excluding hydrogens is 244 g/mol. The molecule has 1 unspecified atom stereocenters. The van der Waals surface area contributed by atoms with Crippen molar-refractivity contribution in [1.82, 2.24) is 0 Å². The van der Waals surface area contributed by atoms with Gasteiger partial charge in [0.15, 0.2) is 0 Å². The van der Waals surface area contributed by atoms with Crippen molar-refractivity contribution in [3.8, 4) is 6.07 Å². The van der Waals surface area contributed by atoms with Crippen LogP contribution in [0.2, 0.25) is 0 Å². The number of benzene rings is 1. The van der Waals surface area contributed by atoms with E-state index in [4.69, 9.17) is 5.26 Å². The van der Waals surface area contributed by atoms with Crippen molar-refractivity contribution in [2.24, 2.45) is 0 Å². The van der Waals surface area contributed by atoms with Crippen LogP contribution >= 0.6 is 11.8 Å². The van der Waals surface area contributed by atoms with Gasteiger partial charge in [-0.3, -0.25) is 4.79 Å². The Hall–Kier alpha value is -1.47. The van der Waals surface area contributed by atoms with Gasteiger partial charge in [-0.05, 0) is 43.7 Å². The van der Waals surface area contributed by atoms with Crippen molar-refractivity contribution in [2.45, 2.75) is 24.5 Å². The van der Waals surface area contributed by atoms with Gasteiger partial charge in [-0.25, -0.2) is 0 Å². The first kappa shape index (κ1) is 13.0. The second-order valence-corrected chi connectivity index (χ2v) is 6.31. The van der Waals surface area contributed by atoms with Crippen molar-refractivity contribution >= 4 is 23.4 Å². The molecule has 94 valence electrons. The monoisotopic (exact) mass is 260 g/mol. The quantitative estimate of drug-likeness (QED) is 0.821. The van der Waals surface area contributed by atoms with E-state index in [-0.39, 0.29) is 10.7 Å². The van der Waals surface area contributed by atoms with Gasteiger partial charge in [0, 0.05) is 12.7 Å². The third kappa shape index (κ3) is 2.37. The van der Waals surface area contributed by atoms with Crippen molar-refractivity contribution in [3.05, 3.63) is 29.8 Å². The number of nitriles is 1. The lowest BCUT2D eigenvalue weighted by Crippen LogP contribution is -2.41. The SMILES string of the molecule is CN(C(=O)C1(C)CCCS1)c1cccc(C#N)c1. The normalized spacial score (nSPS) is 22.5. The Labute approximate surface area is 112 Å². The number of hydrogen-bond acceptors (Lipinski definition) is 3. The van der Waals surface area contributed by atoms with Gasteiger partial charge in [-0.15, -0.1) is 11.8 Å². The molecule has 1 amide bonds. The van der Waals surface area contributed by atoms with E-state index >= 15 is 0 Å². The number of amides is 1. The number of rotatable bonds is 2. The predicted octanol–water partition coefficient (Wildman–Crippen LogP) is 2.81. The van der Waals surface area contributed by atoms with Crippen LogP contribution in [0, 0.1) is 11.3 Å². The predicted molar refractivity (Wildman–Crippen MR) is 74.7 cm³/mol. The van der Waals surface area contributed by atoms with Crippen LogP contribution in [-0.4, -0.2) is 23.5 Å². The third-order valence-corrected chi connectivity index (χ3v) is 4.85. The minimum atomic E-state index is -0.308. The fraction of sp³-hybridized carbons (Fsp3) is 0.429. The van der Waals surface area contributed by atoms with Crippen molar-refractivity contribution in [1.29, 1.82) is 5.26 Å². The van der Waals surface area contributed by atoms with E-state index in [0.29, 0.717) is 5.56 Å². The summed E-state index contributed by atoms with van der Waals surface area (Å²) < 4.78 is -0.308. The highest BCUT2D eigenvalue weighted by molar-refractivity contribution is 8.01. The molecule has 4 heteroatoms. The number of carbonyl (C=O) groups excluding carboxylic acids is 1. The van der Waals surface area contributed by atoms with E-state index in [1.807, 2.05) is 19.1 Å². The van der Waals surface area contributed by atoms with E-state index in [2.05, 4.69) is 6.07 Å². The van der Waals surface area contributed by atoms with Gasteiger partial charge in [0.2, 0.25) is 5.91 Å². The Morgan fingerprint density at radius 1 is 1.56 bits per heavy atom. The second-order valence-electron chi connectivity index (χ2n) is 4.71. The molecule has 0 spiro atoms. The van der Waals surface area contributed by atoms with Gasteiger partial charge in [-0.2, -0.15) is 5.26 Å². The molecule has 1 heterocycles. The molecule has 0 aromatic heterocycles. The van der Waals surface area contributed by atoms with Crippen LogP contribution in [-0.2, 0) is 4.79 Å². The molecule has 1 aliphatic heterocycles. The average molecular weight is 260 g/mol. The Bertz CT molecular complexity index is 501. The smallest absolute Gasteiger partial charge is 0.242 e. The molecule has 3 nitrogen and oxygen atoms in total. The summed E-state index contributed by atoms with van der Waals surface area (Å²) in [6.07, 6.45) is 2.03. The summed E-state index contributed by atoms with van der Waals surface area (Å²) in [5.41, 5.74) is 1.36. The average Bonchev–Trinajstić information content (AvgIpc) is 2.85. The fourth-order valence-corrected chi connectivity index (χ4v) is 3.49. The second kappa shape index (κ2) is 5.03. The molecule has 1 fully saturated rings. The molecule has 1 atom stereocenters. The van der Waals surface area contributed by atoms with E-state index < -0.39 is 0 Å². The zero-order valence-electron chi connectivity index (χ0n) is 10.6. The Balaban J connectivity index is 2.23. The van der Waals surface area contributed by atoms with E-state index in [1.165, 1.54) is 0 Å². The van der Waals surface area contributed by atoms with E-state index in [0.717, 1.165) is 24.3 Å². The first-order chi connectivity index (χ1) is 8.57. The maximum Gasteiger partial charge on any atom is 0.242 e. The summed E-state index contributed by atoms with van der Waals surface area (Å²) in [6.45, 7) is 2.01. The highest BCUT2D eigenvalue weighted by atomic mass is 32.2. The Morgan fingerprint density at radius 3 is 2.94 bits per heavy atom. The number of anilines is 1. The Morgan fingerprint density at radius 2 is 2.33 bits per heavy atom. The maximum absolute atomic E-state index is 12.5. The molecule has 1 aliphatic rings. The minimum Gasteiger partial charge on any atom is -0.314 e. The summed E-state index contributed by atoms with van der Waals surface area (Å²) in [5.74, 6) is 1.17. The van der Waals surface area contributed by atoms with Gasteiger partial charge < -0.3 is 4.90 Å². The van der Waals surface area contributed by atoms with Crippen LogP contribution in [0.25, 0.3) is 0 Å². The Kier molecular flexibility index (Phi) is 3.63. The van der Waals surface area contributed by atoms with Gasteiger partial charge in [0.25, 0.3) is 0 Å². The lowest BCUT2D eigenvalue weighted by Gasteiger charge is -2.28. The first-order valence-corrected chi connectivity index (χ1v) is 6.98. The summed E-state index contributed by atoms with van der Waals surface area (Å²) in [5, 5.41) is 8.89. The van der Waals surface area contributed by atoms with E-state index in [1.54, 1.807) is 35.8 Å². The minimum absolute atomic E-state index is 0.125. The molecule has 0 bridgehead atoms. The molecule has 2 rings (SSSR count). The topological polar surface area (TPSA) is 44.1 Å². The van der Waals surface area contributed by atoms with Crippen LogP contribution in [0.15, 0.2) is 24.3 Å². The molecule has 0 radical (unpaired) electrons. The summed E-state index contributed by atoms with van der Waals surface area (Å²) >= 11 is 1.73. The molecule has 0 saturated carbocycles. The van der Waals surface area contributed by atoms with Crippen molar-refractivity contribution in [3.63, 3.8) is 0 Å². The van der Waals surface area contributed by atoms with Gasteiger partial charge in [0.05, 0.1) is 16.4 Å². The van der Waals surface area contributed by atoms with E-state index in [9.17, 15) is 4.79 Å². The highest BCUT2D eigenvalue weighted by Crippen LogP contribution is 2.39. The fourth-order valence-electron chi connectivity index (χ4n) is 2.20. The van der Waals surface area contributed by atoms with Gasteiger partial charge >= 0.3 is 0 Å². The number of hydrogen-bond donors (Lipinski definition) is 0. The zero-order chi connectivity index (χ0) is 13.2. The standard InChI is InChI=1S/C14H16N2OS/c1-14(7-4-8-18-14)13(17)16(2)12-6-3-5-11(9-12)10-15/h3,5-6,9H,4,7-8H2,1-2H3. The molecule has 1 saturated heterocycles. The van der Waals surface area contributed by atoms with Crippen LogP contribution < -0.4 is 4.90 Å². The largest absolute Gasteiger partial charge is 0.314 e. The maximum atomic E-state index is 12.5. The molecular formula is C14H16N2OS. The summed E-state index contributed by atoms with van der Waals surface area (Å²) in [6, 6.07) is 9.26. The molecule has 18 heavy (non-hydrogen) atoms. The van der Waals surface area contributed by atoms with Crippen molar-refractivity contribution in [2.75, 3.05) is 17.7 Å². The number of carbonyl (C=O) groups is 1. The number of thioether (sulfide) groups is 1. The molecule has 0 N–H and O–H groups in total. The van der Waals surface area contributed by atoms with Gasteiger partial charge in [0.1, 0.15) is 0 Å². The number of nitrogens with zero attached hydrogens (tertiary/aromatic N) is 2. The lowest BCUT2D eigenvalue weighted by atomic mass is 10.0. The highest BCUT2D eigenvalue weighted by Gasteiger charge is 2.39. The van der Waals surface area contributed by atoms with Gasteiger partial charge in [-0.1, -0.05) is 6.07 Å². The molecule has 0 aliphatic carbocycles. The first-order valence-electron chi connectivity index (χ1n) is 5.99. The van der Waals surface area contributed by atoms with Crippen LogP contribution in [0.1, 0.15) is 25.3 Å². The third-order valence-electron chi connectivity index (χ3n) is 3.34. The molecule has 1 aromatic rings. The summed E-state index contributed by atoms with van der Waals surface area (Å²) in [4.78, 5) is 14.2. The van der Waals surface area contributed by atoms with Crippen molar-refractivity contribution < 1.29 is 4.79 Å². The van der Waals surface area contributed by atoms with Crippen LogP contribution in [0.4, 0.5) is 5.69 Å². The van der Waals surface area contributed by atoms with Crippen LogP contribution in [0.5, 0.6) is 0 Å². The van der Waals surface area contributed by atoms with Crippen LogP contribution in [0.3, 0.4) is 0 Å². The zero-order valence-corrected chi connectivity index (χ0v) is 11.5. The summed E-state index contributed by atoms with van der Waals surface area (Å²) in [7, 11) is 1.78. The lowest BCUT2D eigenvalue weighted by molar-refractivity contribution is -0.120. The molecule has 1 aromatic carbocycles.